The molecule has 2 aromatic carbocycles. The molecule has 0 fully saturated rings. The van der Waals surface area contributed by atoms with Gasteiger partial charge < -0.3 is 10.1 Å². The van der Waals surface area contributed by atoms with E-state index in [9.17, 15) is 14.4 Å². The zero-order valence-electron chi connectivity index (χ0n) is 15.5. The number of nitrogens with one attached hydrogen (secondary N) is 1. The summed E-state index contributed by atoms with van der Waals surface area (Å²) in [6.07, 6.45) is 0.130. The van der Waals surface area contributed by atoms with Crippen LogP contribution in [-0.4, -0.2) is 42.3 Å². The molecule has 0 unspecified atom stereocenters. The Morgan fingerprint density at radius 2 is 1.93 bits per heavy atom. The highest BCUT2D eigenvalue weighted by atomic mass is 16.5. The summed E-state index contributed by atoms with van der Waals surface area (Å²) in [7, 11) is 0. The number of hydrogen-bond donors (Lipinski definition) is 1. The lowest BCUT2D eigenvalue weighted by Gasteiger charge is -2.26. The minimum atomic E-state index is -0.427. The van der Waals surface area contributed by atoms with Gasteiger partial charge in [-0.2, -0.15) is 0 Å². The van der Waals surface area contributed by atoms with Gasteiger partial charge in [-0.25, -0.2) is 0 Å². The second-order valence-electron chi connectivity index (χ2n) is 6.59. The molecule has 0 radical (unpaired) electrons. The average molecular weight is 366 g/mol. The fourth-order valence-electron chi connectivity index (χ4n) is 3.07. The molecular weight excluding hydrogens is 344 g/mol. The smallest absolute Gasteiger partial charge is 0.261 e. The lowest BCUT2D eigenvalue weighted by Crippen LogP contribution is -2.48. The number of aryl methyl sites for hydroxylation is 2. The summed E-state index contributed by atoms with van der Waals surface area (Å²) in [4.78, 5) is 37.8. The summed E-state index contributed by atoms with van der Waals surface area (Å²) in [5, 5.41) is 2.69. The van der Waals surface area contributed by atoms with Crippen molar-refractivity contribution < 1.29 is 19.1 Å². The van der Waals surface area contributed by atoms with E-state index in [1.54, 1.807) is 24.3 Å². The molecule has 1 aliphatic rings. The Labute approximate surface area is 158 Å². The van der Waals surface area contributed by atoms with Crippen LogP contribution in [0.4, 0.5) is 0 Å². The molecule has 0 saturated heterocycles. The zero-order chi connectivity index (χ0) is 19.4. The third kappa shape index (κ3) is 4.34. The Kier molecular flexibility index (Phi) is 5.54. The van der Waals surface area contributed by atoms with Crippen LogP contribution in [0, 0.1) is 13.8 Å². The van der Waals surface area contributed by atoms with Gasteiger partial charge in [-0.15, -0.1) is 0 Å². The van der Waals surface area contributed by atoms with Gasteiger partial charge in [0.25, 0.3) is 5.91 Å². The van der Waals surface area contributed by atoms with Gasteiger partial charge >= 0.3 is 0 Å². The first-order valence-electron chi connectivity index (χ1n) is 8.85. The zero-order valence-corrected chi connectivity index (χ0v) is 15.5. The lowest BCUT2D eigenvalue weighted by atomic mass is 9.98. The molecule has 0 aliphatic carbocycles. The number of amides is 3. The number of carbonyl (C=O) groups excluding carboxylic acids is 3. The van der Waals surface area contributed by atoms with E-state index >= 15 is 0 Å². The first-order valence-corrected chi connectivity index (χ1v) is 8.85. The molecule has 0 spiro atoms. The number of benzene rings is 2. The van der Waals surface area contributed by atoms with Crippen LogP contribution >= 0.6 is 0 Å². The third-order valence-corrected chi connectivity index (χ3v) is 4.45. The summed E-state index contributed by atoms with van der Waals surface area (Å²) in [5.41, 5.74) is 3.36. The second-order valence-corrected chi connectivity index (χ2v) is 6.59. The summed E-state index contributed by atoms with van der Waals surface area (Å²) in [6, 6.07) is 12.9. The minimum absolute atomic E-state index is 0.130. The third-order valence-electron chi connectivity index (χ3n) is 4.45. The van der Waals surface area contributed by atoms with Crippen molar-refractivity contribution in [3.63, 3.8) is 0 Å². The fourth-order valence-corrected chi connectivity index (χ4v) is 3.07. The van der Waals surface area contributed by atoms with Gasteiger partial charge in [-0.1, -0.05) is 35.9 Å². The van der Waals surface area contributed by atoms with Crippen molar-refractivity contribution in [2.24, 2.45) is 0 Å². The predicted octanol–water partition coefficient (Wildman–Crippen LogP) is 2.02. The molecular formula is C21H22N2O4. The lowest BCUT2D eigenvalue weighted by molar-refractivity contribution is -0.133. The van der Waals surface area contributed by atoms with Crippen LogP contribution in [0.5, 0.6) is 5.75 Å². The minimum Gasteiger partial charge on any atom is -0.491 e. The number of hydrogen-bond acceptors (Lipinski definition) is 4. The molecule has 27 heavy (non-hydrogen) atoms. The summed E-state index contributed by atoms with van der Waals surface area (Å²) < 4.78 is 5.66. The van der Waals surface area contributed by atoms with E-state index in [-0.39, 0.29) is 24.8 Å². The number of rotatable bonds is 6. The Balaban J connectivity index is 1.49. The number of nitrogens with zero attached hydrogens (tertiary/aromatic N) is 1. The molecule has 0 bridgehead atoms. The van der Waals surface area contributed by atoms with Crippen molar-refractivity contribution in [1.29, 1.82) is 0 Å². The van der Waals surface area contributed by atoms with Gasteiger partial charge in [0.15, 0.2) is 0 Å². The molecule has 0 saturated carbocycles. The van der Waals surface area contributed by atoms with Crippen LogP contribution in [0.15, 0.2) is 42.5 Å². The van der Waals surface area contributed by atoms with Gasteiger partial charge in [0, 0.05) is 5.56 Å². The van der Waals surface area contributed by atoms with Crippen LogP contribution in [-0.2, 0) is 16.0 Å². The van der Waals surface area contributed by atoms with E-state index < -0.39 is 5.91 Å². The molecule has 1 aliphatic heterocycles. The Bertz CT molecular complexity index is 892. The van der Waals surface area contributed by atoms with Crippen molar-refractivity contribution in [1.82, 2.24) is 10.2 Å². The van der Waals surface area contributed by atoms with Crippen LogP contribution in [0.1, 0.15) is 27.0 Å². The second kappa shape index (κ2) is 8.03. The van der Waals surface area contributed by atoms with Crippen LogP contribution < -0.4 is 10.1 Å². The molecule has 1 heterocycles. The Morgan fingerprint density at radius 3 is 2.70 bits per heavy atom. The van der Waals surface area contributed by atoms with E-state index in [1.165, 1.54) is 0 Å². The fraction of sp³-hybridized carbons (Fsp3) is 0.286. The maximum Gasteiger partial charge on any atom is 0.261 e. The number of fused-ring (bicyclic) bond motifs is 1. The first kappa shape index (κ1) is 18.6. The van der Waals surface area contributed by atoms with E-state index in [4.69, 9.17) is 4.74 Å². The number of ether oxygens (including phenoxy) is 1. The molecule has 140 valence electrons. The van der Waals surface area contributed by atoms with Crippen LogP contribution in [0.2, 0.25) is 0 Å². The SMILES string of the molecule is Cc1ccc(OCCNC(=O)CN2C(=O)Cc3ccccc3C2=O)c(C)c1. The van der Waals surface area contributed by atoms with Crippen molar-refractivity contribution in [3.05, 3.63) is 64.7 Å². The standard InChI is InChI=1S/C21H22N2O4/c1-14-7-8-18(15(2)11-14)27-10-9-22-19(24)13-23-20(25)12-16-5-3-4-6-17(16)21(23)26/h3-8,11H,9-10,12-13H2,1-2H3,(H,22,24). The highest BCUT2D eigenvalue weighted by Gasteiger charge is 2.31. The Hall–Kier alpha value is -3.15. The van der Waals surface area contributed by atoms with Crippen molar-refractivity contribution in [3.8, 4) is 5.75 Å². The quantitative estimate of drug-likeness (QED) is 0.627. The highest BCUT2D eigenvalue weighted by molar-refractivity contribution is 6.11. The van der Waals surface area contributed by atoms with Gasteiger partial charge in [0.1, 0.15) is 18.9 Å². The topological polar surface area (TPSA) is 75.7 Å². The molecule has 6 nitrogen and oxygen atoms in total. The van der Waals surface area contributed by atoms with Gasteiger partial charge in [-0.3, -0.25) is 19.3 Å². The molecule has 3 amide bonds. The van der Waals surface area contributed by atoms with Gasteiger partial charge in [-0.05, 0) is 37.1 Å². The van der Waals surface area contributed by atoms with E-state index in [2.05, 4.69) is 5.32 Å². The molecule has 0 aromatic heterocycles. The predicted molar refractivity (Wildman–Crippen MR) is 101 cm³/mol. The van der Waals surface area contributed by atoms with E-state index in [1.807, 2.05) is 32.0 Å². The van der Waals surface area contributed by atoms with Crippen LogP contribution in [0.3, 0.4) is 0 Å². The molecule has 3 rings (SSSR count). The average Bonchev–Trinajstić information content (AvgIpc) is 2.63. The number of imide groups is 1. The normalized spacial score (nSPS) is 13.3. The maximum atomic E-state index is 12.4. The largest absolute Gasteiger partial charge is 0.491 e. The van der Waals surface area contributed by atoms with Crippen LogP contribution in [0.25, 0.3) is 0 Å². The molecule has 2 aromatic rings. The van der Waals surface area contributed by atoms with Crippen molar-refractivity contribution >= 4 is 17.7 Å². The summed E-state index contributed by atoms with van der Waals surface area (Å²) in [6.45, 7) is 4.29. The first-order chi connectivity index (χ1) is 13.0. The van der Waals surface area contributed by atoms with Crippen molar-refractivity contribution in [2.75, 3.05) is 19.7 Å². The number of carbonyl (C=O) groups is 3. The Morgan fingerprint density at radius 1 is 1.15 bits per heavy atom. The maximum absolute atomic E-state index is 12.4. The summed E-state index contributed by atoms with van der Waals surface area (Å²) >= 11 is 0. The molecule has 1 N–H and O–H groups in total. The monoisotopic (exact) mass is 366 g/mol. The van der Waals surface area contributed by atoms with Gasteiger partial charge in [0.2, 0.25) is 11.8 Å². The van der Waals surface area contributed by atoms with Crippen molar-refractivity contribution in [2.45, 2.75) is 20.3 Å². The highest BCUT2D eigenvalue weighted by Crippen LogP contribution is 2.19. The summed E-state index contributed by atoms with van der Waals surface area (Å²) in [5.74, 6) is -0.405. The van der Waals surface area contributed by atoms with E-state index in [0.717, 1.165) is 21.8 Å². The van der Waals surface area contributed by atoms with Gasteiger partial charge in [0.05, 0.1) is 13.0 Å². The van der Waals surface area contributed by atoms with E-state index in [0.29, 0.717) is 24.3 Å². The molecule has 6 heteroatoms. The molecule has 0 atom stereocenters.